The van der Waals surface area contributed by atoms with Crippen molar-refractivity contribution in [2.45, 2.75) is 25.4 Å². The molecule has 1 amide bonds. The molecule has 1 aromatic carbocycles. The molecule has 152 valence electrons. The van der Waals surface area contributed by atoms with Gasteiger partial charge in [-0.3, -0.25) is 14.7 Å². The fourth-order valence-electron chi connectivity index (χ4n) is 3.48. The minimum absolute atomic E-state index is 0.258. The third kappa shape index (κ3) is 4.28. The van der Waals surface area contributed by atoms with Crippen LogP contribution in [0, 0.1) is 0 Å². The number of hydrogen-bond donors (Lipinski definition) is 0. The topological polar surface area (TPSA) is 83.5 Å². The molecule has 7 nitrogen and oxygen atoms in total. The van der Waals surface area contributed by atoms with Crippen LogP contribution in [-0.4, -0.2) is 47.4 Å². The molecule has 1 atom stereocenters. The van der Waals surface area contributed by atoms with Gasteiger partial charge in [0.25, 0.3) is 0 Å². The Kier molecular flexibility index (Phi) is 5.56. The van der Waals surface area contributed by atoms with Crippen LogP contribution >= 0.6 is 22.9 Å². The second-order valence-corrected chi connectivity index (χ2v) is 10.3. The lowest BCUT2D eigenvalue weighted by molar-refractivity contribution is -0.121. The number of fused-ring (bicyclic) bond motifs is 1. The molecule has 1 unspecified atom stereocenters. The first-order valence-electron chi connectivity index (χ1n) is 9.06. The van der Waals surface area contributed by atoms with E-state index in [2.05, 4.69) is 9.97 Å². The minimum atomic E-state index is -3.48. The Morgan fingerprint density at radius 1 is 1.38 bits per heavy atom. The van der Waals surface area contributed by atoms with E-state index in [9.17, 15) is 13.2 Å². The van der Waals surface area contributed by atoms with E-state index in [1.165, 1.54) is 15.6 Å². The highest BCUT2D eigenvalue weighted by Gasteiger charge is 2.39. The lowest BCUT2D eigenvalue weighted by atomic mass is 10.2. The van der Waals surface area contributed by atoms with Crippen molar-refractivity contribution in [2.24, 2.45) is 0 Å². The van der Waals surface area contributed by atoms with Gasteiger partial charge in [0.15, 0.2) is 5.13 Å². The fraction of sp³-hybridized carbons (Fsp3) is 0.316. The first-order valence-corrected chi connectivity index (χ1v) is 12.1. The number of carbonyl (C=O) groups is 1. The lowest BCUT2D eigenvalue weighted by Crippen LogP contribution is -2.47. The quantitative estimate of drug-likeness (QED) is 0.595. The highest BCUT2D eigenvalue weighted by atomic mass is 35.5. The van der Waals surface area contributed by atoms with E-state index >= 15 is 0 Å². The Morgan fingerprint density at radius 3 is 2.93 bits per heavy atom. The number of benzene rings is 1. The Bertz CT molecular complexity index is 1150. The van der Waals surface area contributed by atoms with Crippen molar-refractivity contribution in [1.29, 1.82) is 0 Å². The molecule has 1 saturated heterocycles. The molecule has 0 spiro atoms. The van der Waals surface area contributed by atoms with Gasteiger partial charge in [-0.25, -0.2) is 13.4 Å². The summed E-state index contributed by atoms with van der Waals surface area (Å²) in [6.45, 7) is 0.611. The van der Waals surface area contributed by atoms with Crippen molar-refractivity contribution in [3.63, 3.8) is 0 Å². The summed E-state index contributed by atoms with van der Waals surface area (Å²) in [7, 11) is -3.48. The second-order valence-electron chi connectivity index (χ2n) is 6.93. The van der Waals surface area contributed by atoms with Crippen molar-refractivity contribution in [3.8, 4) is 0 Å². The van der Waals surface area contributed by atoms with E-state index in [1.54, 1.807) is 29.4 Å². The van der Waals surface area contributed by atoms with Crippen LogP contribution in [0.1, 0.15) is 18.4 Å². The number of hydrogen-bond acceptors (Lipinski definition) is 6. The Hall–Kier alpha value is -2.07. The van der Waals surface area contributed by atoms with Crippen LogP contribution in [-0.2, 0) is 21.4 Å². The van der Waals surface area contributed by atoms with E-state index in [1.807, 2.05) is 18.2 Å². The molecule has 0 bridgehead atoms. The summed E-state index contributed by atoms with van der Waals surface area (Å²) < 4.78 is 26.5. The van der Waals surface area contributed by atoms with E-state index in [-0.39, 0.29) is 12.5 Å². The molecule has 3 aromatic rings. The summed E-state index contributed by atoms with van der Waals surface area (Å²) in [6.07, 6.45) is 5.64. The standard InChI is InChI=1S/C19H19ClN4O3S2/c1-29(26,27)24-9-3-5-16(24)18(25)23(12-13-4-2-8-21-11-13)19-22-15-7-6-14(20)10-17(15)28-19/h2,4,6-8,10-11,16H,3,5,9,12H2,1H3. The van der Waals surface area contributed by atoms with Crippen LogP contribution in [0.25, 0.3) is 10.2 Å². The van der Waals surface area contributed by atoms with Crippen molar-refractivity contribution in [2.75, 3.05) is 17.7 Å². The first kappa shape index (κ1) is 20.2. The average molecular weight is 451 g/mol. The molecular weight excluding hydrogens is 432 g/mol. The van der Waals surface area contributed by atoms with Crippen molar-refractivity contribution in [1.82, 2.24) is 14.3 Å². The molecule has 0 saturated carbocycles. The van der Waals surface area contributed by atoms with Crippen LogP contribution in [0.4, 0.5) is 5.13 Å². The van der Waals surface area contributed by atoms with E-state index < -0.39 is 16.1 Å². The van der Waals surface area contributed by atoms with Gasteiger partial charge >= 0.3 is 0 Å². The van der Waals surface area contributed by atoms with Gasteiger partial charge < -0.3 is 0 Å². The van der Waals surface area contributed by atoms with Gasteiger partial charge in [0.05, 0.1) is 23.0 Å². The molecule has 4 rings (SSSR count). The number of nitrogens with zero attached hydrogens (tertiary/aromatic N) is 4. The molecule has 10 heteroatoms. The molecule has 1 aliphatic rings. The predicted octanol–water partition coefficient (Wildman–Crippen LogP) is 3.30. The zero-order valence-electron chi connectivity index (χ0n) is 15.7. The summed E-state index contributed by atoms with van der Waals surface area (Å²) >= 11 is 7.45. The molecular formula is C19H19ClN4O3S2. The zero-order valence-corrected chi connectivity index (χ0v) is 18.0. The number of sulfonamides is 1. The number of anilines is 1. The van der Waals surface area contributed by atoms with Gasteiger partial charge in [0, 0.05) is 24.0 Å². The SMILES string of the molecule is CS(=O)(=O)N1CCCC1C(=O)N(Cc1cccnc1)c1nc2ccc(Cl)cc2s1. The normalized spacial score (nSPS) is 17.7. The third-order valence-electron chi connectivity index (χ3n) is 4.81. The van der Waals surface area contributed by atoms with Gasteiger partial charge in [0.2, 0.25) is 15.9 Å². The van der Waals surface area contributed by atoms with Crippen LogP contribution in [0.5, 0.6) is 0 Å². The third-order valence-corrected chi connectivity index (χ3v) is 7.38. The van der Waals surface area contributed by atoms with Crippen molar-refractivity contribution in [3.05, 3.63) is 53.3 Å². The molecule has 0 aliphatic carbocycles. The molecule has 1 fully saturated rings. The molecule has 0 radical (unpaired) electrons. The van der Waals surface area contributed by atoms with Crippen LogP contribution in [0.3, 0.4) is 0 Å². The molecule has 2 aromatic heterocycles. The summed E-state index contributed by atoms with van der Waals surface area (Å²) in [5, 5.41) is 1.10. The summed E-state index contributed by atoms with van der Waals surface area (Å²) in [4.78, 5) is 23.8. The van der Waals surface area contributed by atoms with Crippen LogP contribution < -0.4 is 4.90 Å². The maximum absolute atomic E-state index is 13.5. The Morgan fingerprint density at radius 2 is 2.21 bits per heavy atom. The molecule has 0 N–H and O–H groups in total. The highest BCUT2D eigenvalue weighted by molar-refractivity contribution is 7.88. The van der Waals surface area contributed by atoms with Gasteiger partial charge in [-0.05, 0) is 42.7 Å². The smallest absolute Gasteiger partial charge is 0.247 e. The predicted molar refractivity (Wildman–Crippen MR) is 115 cm³/mol. The highest BCUT2D eigenvalue weighted by Crippen LogP contribution is 2.33. The monoisotopic (exact) mass is 450 g/mol. The molecule has 29 heavy (non-hydrogen) atoms. The molecule has 1 aliphatic heterocycles. The summed E-state index contributed by atoms with van der Waals surface area (Å²) in [5.74, 6) is -0.276. The van der Waals surface area contributed by atoms with Crippen LogP contribution in [0.15, 0.2) is 42.7 Å². The zero-order chi connectivity index (χ0) is 20.6. The van der Waals surface area contributed by atoms with Gasteiger partial charge in [-0.1, -0.05) is 29.0 Å². The molecule has 3 heterocycles. The second kappa shape index (κ2) is 7.98. The van der Waals surface area contributed by atoms with Crippen molar-refractivity contribution >= 4 is 54.2 Å². The Balaban J connectivity index is 1.74. The Labute approximate surface area is 178 Å². The van der Waals surface area contributed by atoms with E-state index in [0.29, 0.717) is 29.5 Å². The van der Waals surface area contributed by atoms with Gasteiger partial charge in [-0.2, -0.15) is 4.31 Å². The van der Waals surface area contributed by atoms with E-state index in [0.717, 1.165) is 22.0 Å². The number of rotatable bonds is 5. The minimum Gasteiger partial charge on any atom is -0.282 e. The maximum Gasteiger partial charge on any atom is 0.247 e. The van der Waals surface area contributed by atoms with Crippen LogP contribution in [0.2, 0.25) is 5.02 Å². The first-order chi connectivity index (χ1) is 13.8. The average Bonchev–Trinajstić information content (AvgIpc) is 3.33. The number of carbonyl (C=O) groups excluding carboxylic acids is 1. The lowest BCUT2D eigenvalue weighted by Gasteiger charge is -2.27. The number of aromatic nitrogens is 2. The van der Waals surface area contributed by atoms with E-state index in [4.69, 9.17) is 11.6 Å². The van der Waals surface area contributed by atoms with Gasteiger partial charge in [0.1, 0.15) is 6.04 Å². The number of thiazole rings is 1. The van der Waals surface area contributed by atoms with Gasteiger partial charge in [-0.15, -0.1) is 0 Å². The van der Waals surface area contributed by atoms with Crippen molar-refractivity contribution < 1.29 is 13.2 Å². The summed E-state index contributed by atoms with van der Waals surface area (Å²) in [6, 6.07) is 8.32. The summed E-state index contributed by atoms with van der Waals surface area (Å²) in [5.41, 5.74) is 1.58. The number of amides is 1. The largest absolute Gasteiger partial charge is 0.282 e. The number of pyridine rings is 1. The fourth-order valence-corrected chi connectivity index (χ4v) is 5.84. The number of halogens is 1. The maximum atomic E-state index is 13.5.